The summed E-state index contributed by atoms with van der Waals surface area (Å²) in [6.45, 7) is 2.88. The van der Waals surface area contributed by atoms with E-state index in [1.54, 1.807) is 13.8 Å². The van der Waals surface area contributed by atoms with Gasteiger partial charge in [0.15, 0.2) is 0 Å². The fourth-order valence-corrected chi connectivity index (χ4v) is 1.20. The van der Waals surface area contributed by atoms with Crippen LogP contribution in [0.5, 0.6) is 0 Å². The first-order valence-electron chi connectivity index (χ1n) is 4.92. The summed E-state index contributed by atoms with van der Waals surface area (Å²) in [7, 11) is 0. The number of aryl methyl sites for hydroxylation is 2. The fourth-order valence-electron chi connectivity index (χ4n) is 1.20. The molecule has 6 nitrogen and oxygen atoms in total. The van der Waals surface area contributed by atoms with Gasteiger partial charge >= 0.3 is 0 Å². The molecule has 0 aliphatic heterocycles. The molecule has 0 amide bonds. The van der Waals surface area contributed by atoms with Crippen LogP contribution in [0.25, 0.3) is 0 Å². The lowest BCUT2D eigenvalue weighted by molar-refractivity contribution is -0.0790. The van der Waals surface area contributed by atoms with Gasteiger partial charge in [0.25, 0.3) is 0 Å². The summed E-state index contributed by atoms with van der Waals surface area (Å²) in [6, 6.07) is 0. The Balaban J connectivity index is 2.87. The van der Waals surface area contributed by atoms with Gasteiger partial charge in [0.2, 0.25) is 0 Å². The standard InChI is InChI=1S/C10H16N2O4/c1-5-6(2)12-7(3-11-5)9(15)10(16)8(14)4-13/h3,8-10,13-16H,4H2,1-2H3. The van der Waals surface area contributed by atoms with E-state index in [0.717, 1.165) is 5.69 Å². The summed E-state index contributed by atoms with van der Waals surface area (Å²) in [5, 5.41) is 37.0. The minimum absolute atomic E-state index is 0.170. The van der Waals surface area contributed by atoms with Gasteiger partial charge < -0.3 is 20.4 Å². The first-order chi connectivity index (χ1) is 7.47. The predicted molar refractivity (Wildman–Crippen MR) is 55.6 cm³/mol. The summed E-state index contributed by atoms with van der Waals surface area (Å²) in [5.41, 5.74) is 1.54. The van der Waals surface area contributed by atoms with E-state index in [9.17, 15) is 15.3 Å². The summed E-state index contributed by atoms with van der Waals surface area (Å²) in [4.78, 5) is 8.03. The molecular weight excluding hydrogens is 212 g/mol. The van der Waals surface area contributed by atoms with Crippen LogP contribution >= 0.6 is 0 Å². The van der Waals surface area contributed by atoms with Crippen molar-refractivity contribution in [1.29, 1.82) is 0 Å². The van der Waals surface area contributed by atoms with Crippen LogP contribution in [0.1, 0.15) is 23.2 Å². The molecule has 1 aromatic rings. The number of rotatable bonds is 4. The molecule has 0 radical (unpaired) electrons. The Morgan fingerprint density at radius 3 is 2.31 bits per heavy atom. The summed E-state index contributed by atoms with van der Waals surface area (Å²) in [6.07, 6.45) is -2.92. The van der Waals surface area contributed by atoms with E-state index in [2.05, 4.69) is 9.97 Å². The summed E-state index contributed by atoms with van der Waals surface area (Å²) < 4.78 is 0. The molecule has 1 rings (SSSR count). The van der Waals surface area contributed by atoms with Crippen molar-refractivity contribution in [3.05, 3.63) is 23.3 Å². The van der Waals surface area contributed by atoms with Crippen molar-refractivity contribution in [1.82, 2.24) is 9.97 Å². The molecule has 90 valence electrons. The normalized spacial score (nSPS) is 16.9. The Morgan fingerprint density at radius 1 is 1.19 bits per heavy atom. The lowest BCUT2D eigenvalue weighted by Gasteiger charge is -2.21. The van der Waals surface area contributed by atoms with Crippen molar-refractivity contribution in [3.8, 4) is 0 Å². The number of hydrogen-bond acceptors (Lipinski definition) is 6. The highest BCUT2D eigenvalue weighted by Gasteiger charge is 2.26. The van der Waals surface area contributed by atoms with E-state index < -0.39 is 24.9 Å². The highest BCUT2D eigenvalue weighted by atomic mass is 16.4. The third kappa shape index (κ3) is 2.73. The minimum atomic E-state index is -1.48. The zero-order chi connectivity index (χ0) is 12.3. The van der Waals surface area contributed by atoms with Crippen LogP contribution in [0.4, 0.5) is 0 Å². The summed E-state index contributed by atoms with van der Waals surface area (Å²) in [5.74, 6) is 0. The molecule has 0 bridgehead atoms. The monoisotopic (exact) mass is 228 g/mol. The molecule has 0 aliphatic rings. The third-order valence-corrected chi connectivity index (χ3v) is 2.42. The molecular formula is C10H16N2O4. The zero-order valence-electron chi connectivity index (χ0n) is 9.20. The predicted octanol–water partition coefficient (Wildman–Crippen LogP) is -1.16. The number of aromatic nitrogens is 2. The highest BCUT2D eigenvalue weighted by molar-refractivity contribution is 5.13. The SMILES string of the molecule is Cc1ncc(C(O)C(O)C(O)CO)nc1C. The van der Waals surface area contributed by atoms with Crippen molar-refractivity contribution in [2.75, 3.05) is 6.61 Å². The van der Waals surface area contributed by atoms with Gasteiger partial charge in [0.05, 0.1) is 29.9 Å². The van der Waals surface area contributed by atoms with Crippen LogP contribution in [0, 0.1) is 13.8 Å². The van der Waals surface area contributed by atoms with Crippen LogP contribution in [-0.2, 0) is 0 Å². The second kappa shape index (κ2) is 5.31. The van der Waals surface area contributed by atoms with Crippen molar-refractivity contribution < 1.29 is 20.4 Å². The van der Waals surface area contributed by atoms with E-state index in [0.29, 0.717) is 5.69 Å². The fraction of sp³-hybridized carbons (Fsp3) is 0.600. The smallest absolute Gasteiger partial charge is 0.126 e. The third-order valence-electron chi connectivity index (χ3n) is 2.42. The van der Waals surface area contributed by atoms with Gasteiger partial charge in [0.1, 0.15) is 18.3 Å². The Kier molecular flexibility index (Phi) is 4.31. The maximum Gasteiger partial charge on any atom is 0.126 e. The van der Waals surface area contributed by atoms with E-state index in [1.807, 2.05) is 0 Å². The highest BCUT2D eigenvalue weighted by Crippen LogP contribution is 2.17. The lowest BCUT2D eigenvalue weighted by Crippen LogP contribution is -2.35. The Morgan fingerprint density at radius 2 is 1.81 bits per heavy atom. The first-order valence-corrected chi connectivity index (χ1v) is 4.92. The second-order valence-corrected chi connectivity index (χ2v) is 3.65. The van der Waals surface area contributed by atoms with Crippen molar-refractivity contribution in [3.63, 3.8) is 0 Å². The average Bonchev–Trinajstić information content (AvgIpc) is 2.29. The topological polar surface area (TPSA) is 107 Å². The van der Waals surface area contributed by atoms with E-state index in [4.69, 9.17) is 5.11 Å². The minimum Gasteiger partial charge on any atom is -0.394 e. The molecule has 1 heterocycles. The summed E-state index contributed by atoms with van der Waals surface area (Å²) >= 11 is 0. The van der Waals surface area contributed by atoms with Gasteiger partial charge in [-0.05, 0) is 13.8 Å². The van der Waals surface area contributed by atoms with Gasteiger partial charge in [0, 0.05) is 0 Å². The molecule has 3 unspecified atom stereocenters. The van der Waals surface area contributed by atoms with Gasteiger partial charge in [-0.1, -0.05) is 0 Å². The second-order valence-electron chi connectivity index (χ2n) is 3.65. The van der Waals surface area contributed by atoms with E-state index >= 15 is 0 Å². The van der Waals surface area contributed by atoms with Crippen LogP contribution in [0.15, 0.2) is 6.20 Å². The number of aliphatic hydroxyl groups is 4. The van der Waals surface area contributed by atoms with Gasteiger partial charge in [-0.15, -0.1) is 0 Å². The molecule has 3 atom stereocenters. The van der Waals surface area contributed by atoms with Crippen LogP contribution < -0.4 is 0 Å². The number of aliphatic hydroxyl groups excluding tert-OH is 4. The van der Waals surface area contributed by atoms with E-state index in [-0.39, 0.29) is 5.69 Å². The maximum atomic E-state index is 9.68. The quantitative estimate of drug-likeness (QED) is 0.518. The molecule has 0 spiro atoms. The molecule has 16 heavy (non-hydrogen) atoms. The number of nitrogens with zero attached hydrogens (tertiary/aromatic N) is 2. The maximum absolute atomic E-state index is 9.68. The first kappa shape index (κ1) is 13.0. The molecule has 0 fully saturated rings. The van der Waals surface area contributed by atoms with Crippen molar-refractivity contribution in [2.45, 2.75) is 32.2 Å². The lowest BCUT2D eigenvalue weighted by atomic mass is 10.1. The Hall–Kier alpha value is -1.08. The van der Waals surface area contributed by atoms with Crippen molar-refractivity contribution >= 4 is 0 Å². The largest absolute Gasteiger partial charge is 0.394 e. The van der Waals surface area contributed by atoms with Crippen LogP contribution in [-0.4, -0.2) is 49.2 Å². The molecule has 0 saturated carbocycles. The Labute approximate surface area is 93.2 Å². The molecule has 0 aromatic carbocycles. The number of hydrogen-bond donors (Lipinski definition) is 4. The molecule has 6 heteroatoms. The van der Waals surface area contributed by atoms with Gasteiger partial charge in [-0.25, -0.2) is 0 Å². The van der Waals surface area contributed by atoms with Gasteiger partial charge in [-0.3, -0.25) is 9.97 Å². The van der Waals surface area contributed by atoms with Gasteiger partial charge in [-0.2, -0.15) is 0 Å². The van der Waals surface area contributed by atoms with Crippen LogP contribution in [0.3, 0.4) is 0 Å². The molecule has 0 aliphatic carbocycles. The molecule has 1 aromatic heterocycles. The Bertz CT molecular complexity index is 359. The molecule has 4 N–H and O–H groups in total. The molecule has 0 saturated heterocycles. The van der Waals surface area contributed by atoms with Crippen molar-refractivity contribution in [2.24, 2.45) is 0 Å². The van der Waals surface area contributed by atoms with Crippen LogP contribution in [0.2, 0.25) is 0 Å². The van der Waals surface area contributed by atoms with E-state index in [1.165, 1.54) is 6.20 Å². The average molecular weight is 228 g/mol. The zero-order valence-corrected chi connectivity index (χ0v) is 9.20.